The van der Waals surface area contributed by atoms with Gasteiger partial charge in [-0.2, -0.15) is 0 Å². The number of aliphatic carboxylic acids is 1. The summed E-state index contributed by atoms with van der Waals surface area (Å²) in [5, 5.41) is 11.2. The zero-order chi connectivity index (χ0) is 22.1. The van der Waals surface area contributed by atoms with Gasteiger partial charge in [-0.3, -0.25) is 19.2 Å². The zero-order valence-electron chi connectivity index (χ0n) is 16.9. The van der Waals surface area contributed by atoms with Crippen molar-refractivity contribution < 1.29 is 33.8 Å². The molecule has 1 aromatic rings. The Morgan fingerprint density at radius 1 is 1.10 bits per heavy atom. The van der Waals surface area contributed by atoms with E-state index in [1.807, 2.05) is 0 Å². The van der Waals surface area contributed by atoms with Crippen molar-refractivity contribution >= 4 is 23.8 Å². The first-order valence-electron chi connectivity index (χ1n) is 9.99. The number of hydrogen-bond acceptors (Lipinski definition) is 7. The van der Waals surface area contributed by atoms with Crippen LogP contribution in [0.25, 0.3) is 0 Å². The third kappa shape index (κ3) is 6.84. The number of amides is 1. The van der Waals surface area contributed by atoms with Crippen LogP contribution in [0.1, 0.15) is 44.6 Å². The summed E-state index contributed by atoms with van der Waals surface area (Å²) in [5.74, 6) is -5.94. The molecule has 0 aromatic heterocycles. The molecule has 1 fully saturated rings. The molecule has 2 rings (SSSR count). The summed E-state index contributed by atoms with van der Waals surface area (Å²) in [6.07, 6.45) is 4.00. The molecule has 1 unspecified atom stereocenters. The molecule has 9 heteroatoms. The molecule has 1 aliphatic carbocycles. The fraction of sp³-hybridized carbons (Fsp3) is 0.524. The van der Waals surface area contributed by atoms with Gasteiger partial charge >= 0.3 is 17.9 Å². The SMILES string of the molecule is C[C@H](NC(=O)[C@@H](C(=O)OCc1ccccc1)C(N)C(=O)OC1CCCCC1)C(=O)O. The van der Waals surface area contributed by atoms with Crippen LogP contribution >= 0.6 is 0 Å². The van der Waals surface area contributed by atoms with E-state index in [0.717, 1.165) is 19.3 Å². The van der Waals surface area contributed by atoms with Crippen LogP contribution in [0.4, 0.5) is 0 Å². The predicted octanol–water partition coefficient (Wildman–Crippen LogP) is 1.14. The quantitative estimate of drug-likeness (QED) is 0.398. The van der Waals surface area contributed by atoms with Crippen LogP contribution < -0.4 is 11.1 Å². The maximum absolute atomic E-state index is 12.6. The Morgan fingerprint density at radius 3 is 2.33 bits per heavy atom. The van der Waals surface area contributed by atoms with Gasteiger partial charge in [-0.15, -0.1) is 0 Å². The monoisotopic (exact) mass is 420 g/mol. The maximum Gasteiger partial charge on any atom is 0.325 e. The van der Waals surface area contributed by atoms with E-state index in [2.05, 4.69) is 5.32 Å². The van der Waals surface area contributed by atoms with Crippen molar-refractivity contribution in [2.24, 2.45) is 11.7 Å². The standard InChI is InChI=1S/C21H28N2O7/c1-13(19(25)26)23-18(24)16(20(27)29-12-14-8-4-2-5-9-14)17(22)21(28)30-15-10-6-3-7-11-15/h2,4-5,8-9,13,15-17H,3,6-7,10-12,22H2,1H3,(H,23,24)(H,25,26)/t13-,16-,17?/m0/s1. The van der Waals surface area contributed by atoms with E-state index in [1.54, 1.807) is 30.3 Å². The Morgan fingerprint density at radius 2 is 1.73 bits per heavy atom. The van der Waals surface area contributed by atoms with Crippen LogP contribution in [0, 0.1) is 5.92 Å². The van der Waals surface area contributed by atoms with Crippen LogP contribution in [0.15, 0.2) is 30.3 Å². The fourth-order valence-corrected chi connectivity index (χ4v) is 3.16. The molecule has 0 radical (unpaired) electrons. The number of carbonyl (C=O) groups is 4. The van der Waals surface area contributed by atoms with E-state index in [1.165, 1.54) is 6.92 Å². The fourth-order valence-electron chi connectivity index (χ4n) is 3.16. The van der Waals surface area contributed by atoms with E-state index < -0.39 is 41.8 Å². The normalized spacial score (nSPS) is 17.3. The summed E-state index contributed by atoms with van der Waals surface area (Å²) in [5.41, 5.74) is 6.60. The van der Waals surface area contributed by atoms with E-state index in [-0.39, 0.29) is 12.7 Å². The van der Waals surface area contributed by atoms with Gasteiger partial charge in [-0.25, -0.2) is 0 Å². The van der Waals surface area contributed by atoms with Crippen molar-refractivity contribution in [3.05, 3.63) is 35.9 Å². The van der Waals surface area contributed by atoms with Gasteiger partial charge in [0.15, 0.2) is 5.92 Å². The number of carboxylic acids is 1. The highest BCUT2D eigenvalue weighted by Crippen LogP contribution is 2.21. The molecule has 1 aliphatic rings. The Bertz CT molecular complexity index is 747. The number of carboxylic acid groups (broad SMARTS) is 1. The van der Waals surface area contributed by atoms with Crippen molar-refractivity contribution in [2.45, 2.75) is 63.8 Å². The summed E-state index contributed by atoms with van der Waals surface area (Å²) in [6.45, 7) is 1.11. The number of nitrogens with one attached hydrogen (secondary N) is 1. The molecule has 3 atom stereocenters. The van der Waals surface area contributed by atoms with Crippen LogP contribution in [0.5, 0.6) is 0 Å². The molecular weight excluding hydrogens is 392 g/mol. The molecule has 4 N–H and O–H groups in total. The highest BCUT2D eigenvalue weighted by atomic mass is 16.5. The Kier molecular flexibility index (Phi) is 8.79. The number of benzene rings is 1. The smallest absolute Gasteiger partial charge is 0.325 e. The lowest BCUT2D eigenvalue weighted by atomic mass is 9.96. The van der Waals surface area contributed by atoms with Crippen molar-refractivity contribution in [2.75, 3.05) is 0 Å². The summed E-state index contributed by atoms with van der Waals surface area (Å²) in [6, 6.07) is 5.88. The topological polar surface area (TPSA) is 145 Å². The van der Waals surface area contributed by atoms with Gasteiger partial charge in [-0.1, -0.05) is 36.8 Å². The largest absolute Gasteiger partial charge is 0.480 e. The van der Waals surface area contributed by atoms with Crippen molar-refractivity contribution in [1.29, 1.82) is 0 Å². The first-order chi connectivity index (χ1) is 14.3. The summed E-state index contributed by atoms with van der Waals surface area (Å²) in [7, 11) is 0. The van der Waals surface area contributed by atoms with Gasteiger partial charge < -0.3 is 25.6 Å². The first kappa shape index (κ1) is 23.3. The molecule has 164 valence electrons. The molecule has 0 spiro atoms. The molecular formula is C21H28N2O7. The second-order valence-corrected chi connectivity index (χ2v) is 7.36. The van der Waals surface area contributed by atoms with Crippen LogP contribution in [0.3, 0.4) is 0 Å². The average Bonchev–Trinajstić information content (AvgIpc) is 2.73. The molecule has 30 heavy (non-hydrogen) atoms. The first-order valence-corrected chi connectivity index (χ1v) is 9.99. The Balaban J connectivity index is 2.09. The van der Waals surface area contributed by atoms with E-state index >= 15 is 0 Å². The maximum atomic E-state index is 12.6. The Labute approximate surface area is 174 Å². The van der Waals surface area contributed by atoms with Crippen molar-refractivity contribution in [3.8, 4) is 0 Å². The molecule has 1 saturated carbocycles. The molecule has 9 nitrogen and oxygen atoms in total. The molecule has 1 aromatic carbocycles. The number of ether oxygens (including phenoxy) is 2. The molecule has 0 aliphatic heterocycles. The minimum Gasteiger partial charge on any atom is -0.480 e. The van der Waals surface area contributed by atoms with Crippen LogP contribution in [-0.4, -0.2) is 47.1 Å². The second-order valence-electron chi connectivity index (χ2n) is 7.36. The van der Waals surface area contributed by atoms with Gasteiger partial charge in [0.1, 0.15) is 24.8 Å². The summed E-state index contributed by atoms with van der Waals surface area (Å²) < 4.78 is 10.6. The second kappa shape index (κ2) is 11.3. The zero-order valence-corrected chi connectivity index (χ0v) is 16.9. The Hall–Kier alpha value is -2.94. The lowest BCUT2D eigenvalue weighted by Crippen LogP contribution is -2.54. The minimum absolute atomic E-state index is 0.123. The number of esters is 2. The predicted molar refractivity (Wildman–Crippen MR) is 106 cm³/mol. The summed E-state index contributed by atoms with van der Waals surface area (Å²) in [4.78, 5) is 48.8. The molecule has 0 saturated heterocycles. The van der Waals surface area contributed by atoms with Crippen molar-refractivity contribution in [1.82, 2.24) is 5.32 Å². The molecule has 1 amide bonds. The van der Waals surface area contributed by atoms with Crippen LogP contribution in [-0.2, 0) is 35.3 Å². The van der Waals surface area contributed by atoms with Crippen LogP contribution in [0.2, 0.25) is 0 Å². The lowest BCUT2D eigenvalue weighted by molar-refractivity contribution is -0.164. The third-order valence-electron chi connectivity index (χ3n) is 4.96. The number of carbonyl (C=O) groups excluding carboxylic acids is 3. The van der Waals surface area contributed by atoms with E-state index in [0.29, 0.717) is 18.4 Å². The summed E-state index contributed by atoms with van der Waals surface area (Å²) >= 11 is 0. The van der Waals surface area contributed by atoms with Gasteiger partial charge in [0.25, 0.3) is 0 Å². The van der Waals surface area contributed by atoms with Gasteiger partial charge in [0.2, 0.25) is 5.91 Å². The third-order valence-corrected chi connectivity index (χ3v) is 4.96. The van der Waals surface area contributed by atoms with Crippen molar-refractivity contribution in [3.63, 3.8) is 0 Å². The van der Waals surface area contributed by atoms with Gasteiger partial charge in [0.05, 0.1) is 0 Å². The molecule has 0 bridgehead atoms. The number of hydrogen-bond donors (Lipinski definition) is 3. The highest BCUT2D eigenvalue weighted by Gasteiger charge is 2.41. The molecule has 0 heterocycles. The van der Waals surface area contributed by atoms with Gasteiger partial charge in [-0.05, 0) is 38.2 Å². The number of rotatable bonds is 9. The highest BCUT2D eigenvalue weighted by molar-refractivity contribution is 6.03. The van der Waals surface area contributed by atoms with E-state index in [4.69, 9.17) is 20.3 Å². The van der Waals surface area contributed by atoms with Gasteiger partial charge in [0, 0.05) is 0 Å². The minimum atomic E-state index is -1.73. The average molecular weight is 420 g/mol. The lowest BCUT2D eigenvalue weighted by Gasteiger charge is -2.26. The van der Waals surface area contributed by atoms with E-state index in [9.17, 15) is 19.2 Å². The number of nitrogens with two attached hydrogens (primary N) is 1.